The number of benzene rings is 2. The van der Waals surface area contributed by atoms with E-state index < -0.39 is 0 Å². The Balaban J connectivity index is 2.28. The van der Waals surface area contributed by atoms with E-state index >= 15 is 0 Å². The van der Waals surface area contributed by atoms with Gasteiger partial charge in [0.15, 0.2) is 0 Å². The summed E-state index contributed by atoms with van der Waals surface area (Å²) in [6.07, 6.45) is 0.492. The minimum atomic E-state index is -0.373. The number of halogens is 4. The summed E-state index contributed by atoms with van der Waals surface area (Å²) in [6.45, 7) is 0. The van der Waals surface area contributed by atoms with E-state index in [1.54, 1.807) is 24.3 Å². The van der Waals surface area contributed by atoms with Gasteiger partial charge in [-0.3, -0.25) is 11.3 Å². The highest BCUT2D eigenvalue weighted by molar-refractivity contribution is 6.34. The van der Waals surface area contributed by atoms with Gasteiger partial charge in [-0.1, -0.05) is 40.9 Å². The van der Waals surface area contributed by atoms with Crippen molar-refractivity contribution in [2.75, 3.05) is 0 Å². The zero-order valence-corrected chi connectivity index (χ0v) is 12.6. The molecule has 0 amide bonds. The molecule has 0 saturated carbocycles. The molecule has 1 unspecified atom stereocenters. The summed E-state index contributed by atoms with van der Waals surface area (Å²) in [4.78, 5) is 0. The molecule has 2 aromatic rings. The average molecular weight is 334 g/mol. The predicted molar refractivity (Wildman–Crippen MR) is 81.6 cm³/mol. The molecule has 0 bridgehead atoms. The van der Waals surface area contributed by atoms with Crippen molar-refractivity contribution in [1.82, 2.24) is 5.43 Å². The van der Waals surface area contributed by atoms with E-state index in [0.717, 1.165) is 11.1 Å². The van der Waals surface area contributed by atoms with Gasteiger partial charge in [0.25, 0.3) is 0 Å². The van der Waals surface area contributed by atoms with Crippen molar-refractivity contribution in [3.8, 4) is 0 Å². The average Bonchev–Trinajstić information content (AvgIpc) is 2.36. The Hall–Kier alpha value is -0.840. The molecule has 0 radical (unpaired) electrons. The fraction of sp³-hybridized carbons (Fsp3) is 0.143. The van der Waals surface area contributed by atoms with Gasteiger partial charge in [-0.05, 0) is 47.9 Å². The highest BCUT2D eigenvalue weighted by atomic mass is 35.5. The summed E-state index contributed by atoms with van der Waals surface area (Å²) in [7, 11) is 0. The van der Waals surface area contributed by atoms with Crippen LogP contribution in [0.1, 0.15) is 17.2 Å². The number of hydrogen-bond acceptors (Lipinski definition) is 2. The Kier molecular flexibility index (Phi) is 5.24. The van der Waals surface area contributed by atoms with Crippen molar-refractivity contribution in [3.63, 3.8) is 0 Å². The molecule has 1 atom stereocenters. The summed E-state index contributed by atoms with van der Waals surface area (Å²) in [5.41, 5.74) is 4.32. The molecule has 0 aromatic heterocycles. The Morgan fingerprint density at radius 3 is 2.25 bits per heavy atom. The SMILES string of the molecule is NNC(Cc1ccc(F)cc1Cl)c1cc(Cl)cc(Cl)c1. The first-order valence-electron chi connectivity index (χ1n) is 5.85. The molecule has 0 spiro atoms. The molecule has 0 fully saturated rings. The molecule has 0 aliphatic heterocycles. The summed E-state index contributed by atoms with van der Waals surface area (Å²) in [6, 6.07) is 9.23. The van der Waals surface area contributed by atoms with Crippen LogP contribution < -0.4 is 11.3 Å². The lowest BCUT2D eigenvalue weighted by Gasteiger charge is -2.18. The van der Waals surface area contributed by atoms with Crippen molar-refractivity contribution in [1.29, 1.82) is 0 Å². The van der Waals surface area contributed by atoms with Gasteiger partial charge in [0.2, 0.25) is 0 Å². The second-order valence-corrected chi connectivity index (χ2v) is 5.64. The van der Waals surface area contributed by atoms with Gasteiger partial charge in [-0.15, -0.1) is 0 Å². The van der Waals surface area contributed by atoms with E-state index in [0.29, 0.717) is 21.5 Å². The number of rotatable bonds is 4. The number of hydrazine groups is 1. The Labute approximate surface area is 131 Å². The molecule has 0 aliphatic rings. The lowest BCUT2D eigenvalue weighted by molar-refractivity contribution is 0.551. The van der Waals surface area contributed by atoms with Gasteiger partial charge in [-0.2, -0.15) is 0 Å². The van der Waals surface area contributed by atoms with Crippen LogP contribution in [0.3, 0.4) is 0 Å². The van der Waals surface area contributed by atoms with Gasteiger partial charge in [-0.25, -0.2) is 4.39 Å². The van der Waals surface area contributed by atoms with E-state index in [1.807, 2.05) is 0 Å². The van der Waals surface area contributed by atoms with Crippen LogP contribution in [0.4, 0.5) is 4.39 Å². The van der Waals surface area contributed by atoms with Gasteiger partial charge in [0.05, 0.1) is 6.04 Å². The number of hydrogen-bond donors (Lipinski definition) is 2. The van der Waals surface area contributed by atoms with Crippen LogP contribution >= 0.6 is 34.8 Å². The third kappa shape index (κ3) is 3.84. The fourth-order valence-electron chi connectivity index (χ4n) is 1.96. The normalized spacial score (nSPS) is 12.4. The molecule has 2 nitrogen and oxygen atoms in total. The van der Waals surface area contributed by atoms with E-state index in [1.165, 1.54) is 12.1 Å². The topological polar surface area (TPSA) is 38.0 Å². The molecular formula is C14H12Cl3FN2. The van der Waals surface area contributed by atoms with Crippen molar-refractivity contribution < 1.29 is 4.39 Å². The third-order valence-corrected chi connectivity index (χ3v) is 3.72. The second kappa shape index (κ2) is 6.74. The Morgan fingerprint density at radius 2 is 1.70 bits per heavy atom. The molecule has 3 N–H and O–H groups in total. The van der Waals surface area contributed by atoms with Gasteiger partial charge in [0, 0.05) is 15.1 Å². The summed E-state index contributed by atoms with van der Waals surface area (Å²) in [5, 5.41) is 1.41. The standard InChI is InChI=1S/C14H12Cl3FN2/c15-10-3-9(4-11(16)6-10)14(20-19)5-8-1-2-12(18)7-13(8)17/h1-4,6-7,14,20H,5,19H2. The number of nitrogens with two attached hydrogens (primary N) is 1. The van der Waals surface area contributed by atoms with Gasteiger partial charge >= 0.3 is 0 Å². The molecule has 106 valence electrons. The maximum atomic E-state index is 13.0. The monoisotopic (exact) mass is 332 g/mol. The van der Waals surface area contributed by atoms with Gasteiger partial charge in [0.1, 0.15) is 5.82 Å². The van der Waals surface area contributed by atoms with Crippen LogP contribution in [0.5, 0.6) is 0 Å². The maximum absolute atomic E-state index is 13.0. The Bertz CT molecular complexity index is 599. The lowest BCUT2D eigenvalue weighted by atomic mass is 9.99. The molecule has 0 heterocycles. The molecule has 2 rings (SSSR count). The minimum absolute atomic E-state index is 0.228. The van der Waals surface area contributed by atoms with E-state index in [9.17, 15) is 4.39 Å². The third-order valence-electron chi connectivity index (χ3n) is 2.93. The summed E-state index contributed by atoms with van der Waals surface area (Å²) >= 11 is 18.0. The van der Waals surface area contributed by atoms with E-state index in [4.69, 9.17) is 40.6 Å². The van der Waals surface area contributed by atoms with Gasteiger partial charge < -0.3 is 0 Å². The first-order valence-corrected chi connectivity index (χ1v) is 6.99. The van der Waals surface area contributed by atoms with Crippen LogP contribution in [0.2, 0.25) is 15.1 Å². The van der Waals surface area contributed by atoms with Crippen LogP contribution in [0.25, 0.3) is 0 Å². The highest BCUT2D eigenvalue weighted by Crippen LogP contribution is 2.27. The molecule has 2 aromatic carbocycles. The second-order valence-electron chi connectivity index (χ2n) is 4.36. The summed E-state index contributed by atoms with van der Waals surface area (Å²) < 4.78 is 13.0. The molecule has 20 heavy (non-hydrogen) atoms. The molecule has 6 heteroatoms. The quantitative estimate of drug-likeness (QED) is 0.637. The predicted octanol–water partition coefficient (Wildman–Crippen LogP) is 4.53. The summed E-state index contributed by atoms with van der Waals surface area (Å²) in [5.74, 6) is 5.21. The van der Waals surface area contributed by atoms with Crippen molar-refractivity contribution in [2.45, 2.75) is 12.5 Å². The lowest BCUT2D eigenvalue weighted by Crippen LogP contribution is -2.29. The van der Waals surface area contributed by atoms with E-state index in [2.05, 4.69) is 5.43 Å². The molecule has 0 aliphatic carbocycles. The van der Waals surface area contributed by atoms with Crippen molar-refractivity contribution in [3.05, 3.63) is 68.4 Å². The number of nitrogens with one attached hydrogen (secondary N) is 1. The van der Waals surface area contributed by atoms with Crippen molar-refractivity contribution >= 4 is 34.8 Å². The molecular weight excluding hydrogens is 322 g/mol. The van der Waals surface area contributed by atoms with E-state index in [-0.39, 0.29) is 11.9 Å². The van der Waals surface area contributed by atoms with Crippen LogP contribution in [0.15, 0.2) is 36.4 Å². The van der Waals surface area contributed by atoms with Crippen LogP contribution in [0, 0.1) is 5.82 Å². The first kappa shape index (κ1) is 15.5. The highest BCUT2D eigenvalue weighted by Gasteiger charge is 2.14. The zero-order chi connectivity index (χ0) is 14.7. The fourth-order valence-corrected chi connectivity index (χ4v) is 2.74. The maximum Gasteiger partial charge on any atom is 0.124 e. The molecule has 0 saturated heterocycles. The smallest absolute Gasteiger partial charge is 0.124 e. The largest absolute Gasteiger partial charge is 0.271 e. The van der Waals surface area contributed by atoms with Crippen LogP contribution in [-0.2, 0) is 6.42 Å². The first-order chi connectivity index (χ1) is 9.49. The van der Waals surface area contributed by atoms with Crippen molar-refractivity contribution in [2.24, 2.45) is 5.84 Å². The van der Waals surface area contributed by atoms with Crippen LogP contribution in [-0.4, -0.2) is 0 Å². The Morgan fingerprint density at radius 1 is 1.05 bits per heavy atom. The minimum Gasteiger partial charge on any atom is -0.271 e. The zero-order valence-electron chi connectivity index (χ0n) is 10.3.